The Morgan fingerprint density at radius 2 is 2.25 bits per heavy atom. The van der Waals surface area contributed by atoms with Crippen molar-refractivity contribution in [3.05, 3.63) is 34.9 Å². The molecule has 1 heterocycles. The third-order valence-corrected chi connectivity index (χ3v) is 3.91. The van der Waals surface area contributed by atoms with Crippen LogP contribution in [-0.4, -0.2) is 28.4 Å². The number of halogens is 1. The van der Waals surface area contributed by atoms with Gasteiger partial charge in [0.15, 0.2) is 0 Å². The Labute approximate surface area is 123 Å². The van der Waals surface area contributed by atoms with Gasteiger partial charge in [0.1, 0.15) is 0 Å². The smallest absolute Gasteiger partial charge is 0.308 e. The first-order chi connectivity index (χ1) is 9.54. The van der Waals surface area contributed by atoms with E-state index in [2.05, 4.69) is 0 Å². The Hall–Kier alpha value is -1.55. The van der Waals surface area contributed by atoms with E-state index in [0.717, 1.165) is 12.0 Å². The Morgan fingerprint density at radius 3 is 2.85 bits per heavy atom. The van der Waals surface area contributed by atoms with E-state index in [1.807, 2.05) is 13.0 Å². The van der Waals surface area contributed by atoms with Crippen molar-refractivity contribution in [2.75, 3.05) is 6.54 Å². The summed E-state index contributed by atoms with van der Waals surface area (Å²) in [6.07, 6.45) is 1.48. The molecular weight excluding hydrogens is 278 g/mol. The van der Waals surface area contributed by atoms with E-state index in [9.17, 15) is 14.7 Å². The van der Waals surface area contributed by atoms with Crippen LogP contribution in [0.2, 0.25) is 5.02 Å². The Bertz CT molecular complexity index is 518. The van der Waals surface area contributed by atoms with Gasteiger partial charge in [0.2, 0.25) is 5.91 Å². The van der Waals surface area contributed by atoms with E-state index in [1.54, 1.807) is 23.1 Å². The van der Waals surface area contributed by atoms with Crippen LogP contribution < -0.4 is 0 Å². The number of piperidine rings is 1. The molecule has 0 bridgehead atoms. The summed E-state index contributed by atoms with van der Waals surface area (Å²) >= 11 is 6.00. The summed E-state index contributed by atoms with van der Waals surface area (Å²) in [7, 11) is 0. The lowest BCUT2D eigenvalue weighted by Gasteiger charge is -2.39. The Kier molecular flexibility index (Phi) is 4.65. The van der Waals surface area contributed by atoms with Crippen LogP contribution in [0.5, 0.6) is 0 Å². The zero-order chi connectivity index (χ0) is 14.7. The molecule has 1 N–H and O–H groups in total. The van der Waals surface area contributed by atoms with Crippen LogP contribution in [0.3, 0.4) is 0 Å². The number of nitrogens with zero attached hydrogens (tertiary/aromatic N) is 1. The minimum atomic E-state index is -0.858. The van der Waals surface area contributed by atoms with Crippen LogP contribution >= 0.6 is 11.6 Å². The molecule has 1 aliphatic rings. The molecule has 1 saturated heterocycles. The highest BCUT2D eigenvalue weighted by Gasteiger charge is 2.40. The van der Waals surface area contributed by atoms with Crippen molar-refractivity contribution in [3.63, 3.8) is 0 Å². The van der Waals surface area contributed by atoms with E-state index in [-0.39, 0.29) is 5.91 Å². The number of carbonyl (C=O) groups is 2. The molecule has 108 valence electrons. The molecule has 1 aromatic rings. The van der Waals surface area contributed by atoms with E-state index in [1.165, 1.54) is 0 Å². The number of amides is 1. The summed E-state index contributed by atoms with van der Waals surface area (Å²) in [6, 6.07) is 6.71. The molecule has 2 rings (SSSR count). The molecule has 1 amide bonds. The number of carboxylic acid groups (broad SMARTS) is 1. The zero-order valence-corrected chi connectivity index (χ0v) is 12.1. The fourth-order valence-electron chi connectivity index (χ4n) is 2.82. The van der Waals surface area contributed by atoms with Gasteiger partial charge in [-0.2, -0.15) is 0 Å². The Morgan fingerprint density at radius 1 is 1.50 bits per heavy atom. The third kappa shape index (κ3) is 2.96. The molecule has 4 nitrogen and oxygen atoms in total. The van der Waals surface area contributed by atoms with Crippen LogP contribution in [0.25, 0.3) is 0 Å². The normalized spacial score (nSPS) is 22.9. The lowest BCUT2D eigenvalue weighted by molar-refractivity contribution is -0.152. The summed E-state index contributed by atoms with van der Waals surface area (Å²) in [4.78, 5) is 25.3. The minimum Gasteiger partial charge on any atom is -0.481 e. The van der Waals surface area contributed by atoms with Crippen molar-refractivity contribution in [2.45, 2.75) is 32.2 Å². The second kappa shape index (κ2) is 6.27. The van der Waals surface area contributed by atoms with Crippen LogP contribution in [0, 0.1) is 5.92 Å². The highest BCUT2D eigenvalue weighted by atomic mass is 35.5. The van der Waals surface area contributed by atoms with Crippen molar-refractivity contribution in [1.29, 1.82) is 0 Å². The van der Waals surface area contributed by atoms with Gasteiger partial charge in [-0.15, -0.1) is 0 Å². The monoisotopic (exact) mass is 295 g/mol. The van der Waals surface area contributed by atoms with Crippen molar-refractivity contribution < 1.29 is 14.7 Å². The van der Waals surface area contributed by atoms with E-state index in [4.69, 9.17) is 11.6 Å². The number of carboxylic acids is 1. The van der Waals surface area contributed by atoms with Crippen molar-refractivity contribution in [2.24, 2.45) is 5.92 Å². The summed E-state index contributed by atoms with van der Waals surface area (Å²) < 4.78 is 0. The van der Waals surface area contributed by atoms with Crippen LogP contribution in [-0.2, 0) is 9.59 Å². The van der Waals surface area contributed by atoms with Gasteiger partial charge in [-0.05, 0) is 30.5 Å². The molecule has 1 fully saturated rings. The predicted octanol–water partition coefficient (Wildman–Crippen LogP) is 3.11. The summed E-state index contributed by atoms with van der Waals surface area (Å²) in [6.45, 7) is 2.55. The molecule has 2 unspecified atom stereocenters. The number of hydrogen-bond donors (Lipinski definition) is 1. The lowest BCUT2D eigenvalue weighted by atomic mass is 9.84. The van der Waals surface area contributed by atoms with Gasteiger partial charge >= 0.3 is 5.97 Å². The van der Waals surface area contributed by atoms with Gasteiger partial charge in [0.25, 0.3) is 0 Å². The standard InChI is InChI=1S/C15H18ClNO3/c1-2-8-17-13(18)7-6-12(15(19)20)14(17)10-4-3-5-11(16)9-10/h3-5,9,12,14H,2,6-8H2,1H3,(H,19,20). The van der Waals surface area contributed by atoms with Crippen molar-refractivity contribution in [1.82, 2.24) is 4.90 Å². The molecule has 1 aromatic carbocycles. The molecule has 0 radical (unpaired) electrons. The number of hydrogen-bond acceptors (Lipinski definition) is 2. The van der Waals surface area contributed by atoms with Gasteiger partial charge in [-0.3, -0.25) is 9.59 Å². The maximum absolute atomic E-state index is 12.1. The molecule has 2 atom stereocenters. The van der Waals surface area contributed by atoms with Crippen LogP contribution in [0.1, 0.15) is 37.8 Å². The molecule has 0 aliphatic carbocycles. The summed E-state index contributed by atoms with van der Waals surface area (Å²) in [5.74, 6) is -1.41. The van der Waals surface area contributed by atoms with Crippen molar-refractivity contribution in [3.8, 4) is 0 Å². The van der Waals surface area contributed by atoms with E-state index in [0.29, 0.717) is 24.4 Å². The fourth-order valence-corrected chi connectivity index (χ4v) is 3.02. The van der Waals surface area contributed by atoms with Gasteiger partial charge < -0.3 is 10.0 Å². The maximum atomic E-state index is 12.1. The number of rotatable bonds is 4. The second-order valence-corrected chi connectivity index (χ2v) is 5.51. The molecular formula is C15H18ClNO3. The SMILES string of the molecule is CCCN1C(=O)CCC(C(=O)O)C1c1cccc(Cl)c1. The average Bonchev–Trinajstić information content (AvgIpc) is 2.40. The molecule has 0 aromatic heterocycles. The average molecular weight is 296 g/mol. The highest BCUT2D eigenvalue weighted by molar-refractivity contribution is 6.30. The van der Waals surface area contributed by atoms with Gasteiger partial charge in [0, 0.05) is 18.0 Å². The quantitative estimate of drug-likeness (QED) is 0.928. The molecule has 1 aliphatic heterocycles. The zero-order valence-electron chi connectivity index (χ0n) is 11.4. The molecule has 0 spiro atoms. The second-order valence-electron chi connectivity index (χ2n) is 5.07. The first-order valence-electron chi connectivity index (χ1n) is 6.82. The number of carbonyl (C=O) groups excluding carboxylic acids is 1. The first kappa shape index (κ1) is 14.9. The van der Waals surface area contributed by atoms with Crippen LogP contribution in [0.4, 0.5) is 0 Å². The maximum Gasteiger partial charge on any atom is 0.308 e. The van der Waals surface area contributed by atoms with E-state index >= 15 is 0 Å². The third-order valence-electron chi connectivity index (χ3n) is 3.68. The van der Waals surface area contributed by atoms with Gasteiger partial charge in [0.05, 0.1) is 12.0 Å². The summed E-state index contributed by atoms with van der Waals surface area (Å²) in [5.41, 5.74) is 0.798. The molecule has 5 heteroatoms. The number of benzene rings is 1. The molecule has 20 heavy (non-hydrogen) atoms. The van der Waals surface area contributed by atoms with Gasteiger partial charge in [-0.1, -0.05) is 30.7 Å². The predicted molar refractivity (Wildman–Crippen MR) is 76.6 cm³/mol. The minimum absolute atomic E-state index is 0.0225. The molecule has 0 saturated carbocycles. The summed E-state index contributed by atoms with van der Waals surface area (Å²) in [5, 5.41) is 10.00. The first-order valence-corrected chi connectivity index (χ1v) is 7.20. The largest absolute Gasteiger partial charge is 0.481 e. The Balaban J connectivity index is 2.42. The fraction of sp³-hybridized carbons (Fsp3) is 0.467. The lowest BCUT2D eigenvalue weighted by Crippen LogP contribution is -2.45. The van der Waals surface area contributed by atoms with Crippen LogP contribution in [0.15, 0.2) is 24.3 Å². The topological polar surface area (TPSA) is 57.6 Å². The van der Waals surface area contributed by atoms with E-state index < -0.39 is 17.9 Å². The van der Waals surface area contributed by atoms with Gasteiger partial charge in [-0.25, -0.2) is 0 Å². The number of aliphatic carboxylic acids is 1. The van der Waals surface area contributed by atoms with Crippen molar-refractivity contribution >= 4 is 23.5 Å². The number of likely N-dealkylation sites (tertiary alicyclic amines) is 1. The highest BCUT2D eigenvalue weighted by Crippen LogP contribution is 2.37.